The molecule has 0 aliphatic heterocycles. The maximum atomic E-state index is 4.37. The number of pyridine rings is 1. The fourth-order valence-corrected chi connectivity index (χ4v) is 2.26. The molecule has 0 saturated heterocycles. The molecule has 98 valence electrons. The van der Waals surface area contributed by atoms with Crippen molar-refractivity contribution in [1.29, 1.82) is 0 Å². The fraction of sp³-hybridized carbons (Fsp3) is 0.357. The van der Waals surface area contributed by atoms with Gasteiger partial charge in [0.2, 0.25) is 0 Å². The molecule has 0 aromatic carbocycles. The van der Waals surface area contributed by atoms with Gasteiger partial charge in [-0.1, -0.05) is 12.2 Å². The second-order valence-electron chi connectivity index (χ2n) is 4.78. The quantitative estimate of drug-likeness (QED) is 0.852. The molecule has 1 aliphatic carbocycles. The predicted molar refractivity (Wildman–Crippen MR) is 74.1 cm³/mol. The highest BCUT2D eigenvalue weighted by Gasteiger charge is 2.09. The van der Waals surface area contributed by atoms with Gasteiger partial charge in [-0.2, -0.15) is 5.10 Å². The standard InChI is InChI=1S/C14H17N5/c1-2-4-12(5-3-1)8-16-13-6-7-14(17-9-13)19-11-15-10-18-19/h1-2,6-7,9-12,16H,3-5,8H2. The highest BCUT2D eigenvalue weighted by atomic mass is 15.3. The van der Waals surface area contributed by atoms with Crippen molar-refractivity contribution in [2.24, 2.45) is 5.92 Å². The summed E-state index contributed by atoms with van der Waals surface area (Å²) in [5.41, 5.74) is 1.05. The van der Waals surface area contributed by atoms with E-state index in [9.17, 15) is 0 Å². The molecule has 0 saturated carbocycles. The lowest BCUT2D eigenvalue weighted by atomic mass is 9.94. The molecule has 0 amide bonds. The molecule has 0 fully saturated rings. The summed E-state index contributed by atoms with van der Waals surface area (Å²) in [5, 5.41) is 7.50. The van der Waals surface area contributed by atoms with Gasteiger partial charge in [0.25, 0.3) is 0 Å². The minimum absolute atomic E-state index is 0.736. The van der Waals surface area contributed by atoms with Gasteiger partial charge in [-0.15, -0.1) is 0 Å². The minimum Gasteiger partial charge on any atom is -0.384 e. The summed E-state index contributed by atoms with van der Waals surface area (Å²) in [5.74, 6) is 1.52. The number of aromatic nitrogens is 4. The van der Waals surface area contributed by atoms with Gasteiger partial charge in [0.1, 0.15) is 12.7 Å². The van der Waals surface area contributed by atoms with Gasteiger partial charge in [0.15, 0.2) is 5.82 Å². The first-order chi connectivity index (χ1) is 9.42. The highest BCUT2D eigenvalue weighted by Crippen LogP contribution is 2.19. The molecule has 0 spiro atoms. The van der Waals surface area contributed by atoms with Crippen molar-refractivity contribution >= 4 is 5.69 Å². The zero-order valence-corrected chi connectivity index (χ0v) is 10.7. The van der Waals surface area contributed by atoms with E-state index < -0.39 is 0 Å². The Kier molecular flexibility index (Phi) is 3.54. The van der Waals surface area contributed by atoms with Crippen LogP contribution in [0.4, 0.5) is 5.69 Å². The lowest BCUT2D eigenvalue weighted by molar-refractivity contribution is 0.504. The van der Waals surface area contributed by atoms with Gasteiger partial charge in [0.05, 0.1) is 11.9 Å². The fourth-order valence-electron chi connectivity index (χ4n) is 2.26. The molecule has 1 N–H and O–H groups in total. The van der Waals surface area contributed by atoms with Crippen LogP contribution in [0.25, 0.3) is 5.82 Å². The molecule has 3 rings (SSSR count). The third-order valence-corrected chi connectivity index (χ3v) is 3.37. The largest absolute Gasteiger partial charge is 0.384 e. The minimum atomic E-state index is 0.736. The van der Waals surface area contributed by atoms with Crippen LogP contribution in [0.5, 0.6) is 0 Å². The Morgan fingerprint density at radius 3 is 3.00 bits per heavy atom. The van der Waals surface area contributed by atoms with Gasteiger partial charge >= 0.3 is 0 Å². The molecule has 1 atom stereocenters. The molecule has 2 aromatic heterocycles. The van der Waals surface area contributed by atoms with E-state index in [-0.39, 0.29) is 0 Å². The van der Waals surface area contributed by atoms with Crippen molar-refractivity contribution < 1.29 is 0 Å². The maximum absolute atomic E-state index is 4.37. The summed E-state index contributed by atoms with van der Waals surface area (Å²) in [4.78, 5) is 8.28. The Morgan fingerprint density at radius 1 is 1.32 bits per heavy atom. The smallest absolute Gasteiger partial charge is 0.155 e. The lowest BCUT2D eigenvalue weighted by Gasteiger charge is -2.18. The number of allylic oxidation sites excluding steroid dienone is 2. The molecule has 19 heavy (non-hydrogen) atoms. The first-order valence-corrected chi connectivity index (χ1v) is 6.62. The molecule has 2 aromatic rings. The van der Waals surface area contributed by atoms with Crippen LogP contribution in [0.3, 0.4) is 0 Å². The van der Waals surface area contributed by atoms with E-state index in [1.165, 1.54) is 25.6 Å². The molecule has 0 radical (unpaired) electrons. The lowest BCUT2D eigenvalue weighted by Crippen LogP contribution is -2.15. The Labute approximate surface area is 112 Å². The molecule has 0 bridgehead atoms. The van der Waals surface area contributed by atoms with E-state index in [2.05, 4.69) is 32.5 Å². The number of anilines is 1. The van der Waals surface area contributed by atoms with Crippen molar-refractivity contribution in [2.75, 3.05) is 11.9 Å². The van der Waals surface area contributed by atoms with Crippen LogP contribution in [-0.4, -0.2) is 26.3 Å². The Hall–Kier alpha value is -2.17. The number of rotatable bonds is 4. The SMILES string of the molecule is C1=CCC(CNc2ccc(-n3cncn3)nc2)CC1. The maximum Gasteiger partial charge on any atom is 0.155 e. The first-order valence-electron chi connectivity index (χ1n) is 6.62. The second-order valence-corrected chi connectivity index (χ2v) is 4.78. The van der Waals surface area contributed by atoms with E-state index in [4.69, 9.17) is 0 Å². The van der Waals surface area contributed by atoms with Gasteiger partial charge in [-0.05, 0) is 37.3 Å². The van der Waals surface area contributed by atoms with Crippen molar-refractivity contribution in [3.63, 3.8) is 0 Å². The summed E-state index contributed by atoms with van der Waals surface area (Å²) < 4.78 is 1.65. The number of nitrogens with zero attached hydrogens (tertiary/aromatic N) is 4. The second kappa shape index (κ2) is 5.65. The first kappa shape index (κ1) is 11.9. The van der Waals surface area contributed by atoms with Crippen LogP contribution in [0.1, 0.15) is 19.3 Å². The third kappa shape index (κ3) is 2.99. The van der Waals surface area contributed by atoms with E-state index in [1.54, 1.807) is 11.0 Å². The van der Waals surface area contributed by atoms with Crippen molar-refractivity contribution in [3.8, 4) is 5.82 Å². The summed E-state index contributed by atoms with van der Waals surface area (Å²) >= 11 is 0. The van der Waals surface area contributed by atoms with E-state index in [1.807, 2.05) is 18.3 Å². The van der Waals surface area contributed by atoms with Gasteiger partial charge < -0.3 is 5.32 Å². The van der Waals surface area contributed by atoms with Crippen LogP contribution >= 0.6 is 0 Å². The van der Waals surface area contributed by atoms with Gasteiger partial charge in [-0.3, -0.25) is 0 Å². The Morgan fingerprint density at radius 2 is 2.32 bits per heavy atom. The monoisotopic (exact) mass is 255 g/mol. The third-order valence-electron chi connectivity index (χ3n) is 3.37. The zero-order chi connectivity index (χ0) is 12.9. The van der Waals surface area contributed by atoms with E-state index in [0.717, 1.165) is 24.0 Å². The number of nitrogens with one attached hydrogen (secondary N) is 1. The van der Waals surface area contributed by atoms with Gasteiger partial charge in [0, 0.05) is 6.54 Å². The summed E-state index contributed by atoms with van der Waals surface area (Å²) in [7, 11) is 0. The van der Waals surface area contributed by atoms with Crippen LogP contribution in [0, 0.1) is 5.92 Å². The van der Waals surface area contributed by atoms with Crippen LogP contribution < -0.4 is 5.32 Å². The average Bonchev–Trinajstić information content (AvgIpc) is 3.01. The summed E-state index contributed by atoms with van der Waals surface area (Å²) in [6.07, 6.45) is 13.2. The van der Waals surface area contributed by atoms with Crippen molar-refractivity contribution in [2.45, 2.75) is 19.3 Å². The predicted octanol–water partition coefficient (Wildman–Crippen LogP) is 2.43. The number of hydrogen-bond donors (Lipinski definition) is 1. The molecule has 2 heterocycles. The van der Waals surface area contributed by atoms with Crippen LogP contribution in [-0.2, 0) is 0 Å². The molecule has 5 nitrogen and oxygen atoms in total. The van der Waals surface area contributed by atoms with Crippen LogP contribution in [0.2, 0.25) is 0 Å². The molecule has 1 unspecified atom stereocenters. The van der Waals surface area contributed by atoms with Crippen LogP contribution in [0.15, 0.2) is 43.1 Å². The summed E-state index contributed by atoms with van der Waals surface area (Å²) in [6.45, 7) is 1.01. The average molecular weight is 255 g/mol. The Balaban J connectivity index is 1.58. The Bertz CT molecular complexity index is 529. The number of hydrogen-bond acceptors (Lipinski definition) is 4. The highest BCUT2D eigenvalue weighted by molar-refractivity contribution is 5.43. The van der Waals surface area contributed by atoms with Crippen molar-refractivity contribution in [3.05, 3.63) is 43.1 Å². The van der Waals surface area contributed by atoms with Crippen molar-refractivity contribution in [1.82, 2.24) is 19.7 Å². The molecule has 1 aliphatic rings. The molecular weight excluding hydrogens is 238 g/mol. The van der Waals surface area contributed by atoms with E-state index >= 15 is 0 Å². The summed E-state index contributed by atoms with van der Waals surface area (Å²) in [6, 6.07) is 3.97. The van der Waals surface area contributed by atoms with Gasteiger partial charge in [-0.25, -0.2) is 14.6 Å². The normalized spacial score (nSPS) is 18.4. The zero-order valence-electron chi connectivity index (χ0n) is 10.7. The molecular formula is C14H17N5. The molecule has 5 heteroatoms. The van der Waals surface area contributed by atoms with E-state index in [0.29, 0.717) is 0 Å². The topological polar surface area (TPSA) is 55.6 Å².